The highest BCUT2D eigenvalue weighted by Gasteiger charge is 2.34. The molecule has 6 heteroatoms. The number of hydrogen-bond donors (Lipinski definition) is 2. The zero-order valence-corrected chi connectivity index (χ0v) is 12.3. The molecule has 1 aliphatic rings. The van der Waals surface area contributed by atoms with Crippen LogP contribution in [-0.4, -0.2) is 54.7 Å². The summed E-state index contributed by atoms with van der Waals surface area (Å²) in [5, 5.41) is 4.90. The minimum Gasteiger partial charge on any atom is -0.373 e. The number of nitrogens with one attached hydrogen (secondary N) is 2. The molecular formula is C13H25N3O3. The Balaban J connectivity index is 2.54. The Bertz CT molecular complexity index is 335. The average molecular weight is 271 g/mol. The van der Waals surface area contributed by atoms with Gasteiger partial charge in [0, 0.05) is 19.6 Å². The summed E-state index contributed by atoms with van der Waals surface area (Å²) in [6.07, 6.45) is 0.897. The molecule has 1 fully saturated rings. The van der Waals surface area contributed by atoms with Crippen LogP contribution in [0.5, 0.6) is 0 Å². The van der Waals surface area contributed by atoms with Crippen LogP contribution in [0, 0.1) is 0 Å². The lowest BCUT2D eigenvalue weighted by molar-refractivity contribution is -0.135. The Kier molecular flexibility index (Phi) is 5.75. The predicted molar refractivity (Wildman–Crippen MR) is 72.9 cm³/mol. The summed E-state index contributed by atoms with van der Waals surface area (Å²) in [5.41, 5.74) is -0.210. The second-order valence-electron chi connectivity index (χ2n) is 5.15. The van der Waals surface area contributed by atoms with Gasteiger partial charge in [-0.3, -0.25) is 15.0 Å². The lowest BCUT2D eigenvalue weighted by atomic mass is 10.00. The minimum atomic E-state index is -0.439. The van der Waals surface area contributed by atoms with Gasteiger partial charge in [0.1, 0.15) is 0 Å². The van der Waals surface area contributed by atoms with Crippen molar-refractivity contribution in [3.63, 3.8) is 0 Å². The first-order valence-electron chi connectivity index (χ1n) is 6.88. The van der Waals surface area contributed by atoms with Crippen LogP contribution in [0.4, 0.5) is 4.79 Å². The molecule has 0 aromatic rings. The van der Waals surface area contributed by atoms with Gasteiger partial charge in [0.25, 0.3) is 0 Å². The van der Waals surface area contributed by atoms with Crippen molar-refractivity contribution in [2.45, 2.75) is 45.8 Å². The molecular weight excluding hydrogens is 246 g/mol. The van der Waals surface area contributed by atoms with Gasteiger partial charge in [-0.2, -0.15) is 0 Å². The van der Waals surface area contributed by atoms with Crippen molar-refractivity contribution in [3.05, 3.63) is 0 Å². The monoisotopic (exact) mass is 271 g/mol. The molecule has 0 aliphatic carbocycles. The van der Waals surface area contributed by atoms with E-state index >= 15 is 0 Å². The van der Waals surface area contributed by atoms with Crippen LogP contribution in [0.15, 0.2) is 0 Å². The zero-order valence-electron chi connectivity index (χ0n) is 12.3. The normalized spacial score (nSPS) is 25.7. The Hall–Kier alpha value is -1.14. The van der Waals surface area contributed by atoms with Crippen molar-refractivity contribution >= 4 is 11.9 Å². The number of amides is 3. The van der Waals surface area contributed by atoms with Crippen LogP contribution in [0.1, 0.15) is 34.1 Å². The molecule has 1 aliphatic heterocycles. The van der Waals surface area contributed by atoms with E-state index in [4.69, 9.17) is 4.74 Å². The van der Waals surface area contributed by atoms with E-state index in [1.54, 1.807) is 0 Å². The van der Waals surface area contributed by atoms with Gasteiger partial charge in [0.2, 0.25) is 5.91 Å². The van der Waals surface area contributed by atoms with E-state index in [0.717, 1.165) is 6.42 Å². The lowest BCUT2D eigenvalue weighted by Crippen LogP contribution is -2.57. The summed E-state index contributed by atoms with van der Waals surface area (Å²) in [4.78, 5) is 25.4. The Morgan fingerprint density at radius 3 is 2.68 bits per heavy atom. The van der Waals surface area contributed by atoms with Gasteiger partial charge >= 0.3 is 6.03 Å². The highest BCUT2D eigenvalue weighted by molar-refractivity contribution is 5.96. The number of carbonyl (C=O) groups is 2. The fourth-order valence-corrected chi connectivity index (χ4v) is 2.09. The van der Waals surface area contributed by atoms with Crippen LogP contribution in [0.2, 0.25) is 0 Å². The number of carbonyl (C=O) groups excluding carboxylic acids is 2. The molecule has 1 rings (SSSR count). The van der Waals surface area contributed by atoms with Crippen LogP contribution < -0.4 is 10.6 Å². The highest BCUT2D eigenvalue weighted by atomic mass is 16.5. The lowest BCUT2D eigenvalue weighted by Gasteiger charge is -2.42. The molecule has 0 radical (unpaired) electrons. The van der Waals surface area contributed by atoms with Crippen LogP contribution in [-0.2, 0) is 9.53 Å². The van der Waals surface area contributed by atoms with E-state index in [1.165, 1.54) is 0 Å². The van der Waals surface area contributed by atoms with Crippen molar-refractivity contribution in [2.75, 3.05) is 26.2 Å². The molecule has 2 N–H and O–H groups in total. The van der Waals surface area contributed by atoms with Crippen molar-refractivity contribution in [1.82, 2.24) is 15.5 Å². The third kappa shape index (κ3) is 4.47. The fourth-order valence-electron chi connectivity index (χ4n) is 2.09. The van der Waals surface area contributed by atoms with Crippen molar-refractivity contribution in [3.8, 4) is 0 Å². The van der Waals surface area contributed by atoms with Gasteiger partial charge in [0.05, 0.1) is 18.2 Å². The maximum absolute atomic E-state index is 12.0. The molecule has 110 valence electrons. The number of imide groups is 1. The van der Waals surface area contributed by atoms with Crippen LogP contribution in [0.25, 0.3) is 0 Å². The summed E-state index contributed by atoms with van der Waals surface area (Å²) < 4.78 is 5.74. The van der Waals surface area contributed by atoms with E-state index in [0.29, 0.717) is 26.2 Å². The SMILES string of the molecule is CCNC(=O)NC(=O)[C@H](C)N1CCO[C@](C)(CC)C1. The first kappa shape index (κ1) is 15.9. The zero-order chi connectivity index (χ0) is 14.5. The number of nitrogens with zero attached hydrogens (tertiary/aromatic N) is 1. The van der Waals surface area contributed by atoms with Gasteiger partial charge in [-0.05, 0) is 27.2 Å². The number of morpholine rings is 1. The Morgan fingerprint density at radius 2 is 2.11 bits per heavy atom. The van der Waals surface area contributed by atoms with Crippen molar-refractivity contribution < 1.29 is 14.3 Å². The summed E-state index contributed by atoms with van der Waals surface area (Å²) in [6.45, 7) is 10.3. The molecule has 0 spiro atoms. The van der Waals surface area contributed by atoms with Crippen LogP contribution >= 0.6 is 0 Å². The Morgan fingerprint density at radius 1 is 1.42 bits per heavy atom. The number of urea groups is 1. The summed E-state index contributed by atoms with van der Waals surface area (Å²) in [5.74, 6) is -0.272. The minimum absolute atomic E-state index is 0.210. The quantitative estimate of drug-likeness (QED) is 0.790. The molecule has 1 saturated heterocycles. The smallest absolute Gasteiger partial charge is 0.321 e. The molecule has 0 aromatic carbocycles. The third-order valence-corrected chi connectivity index (χ3v) is 3.62. The molecule has 0 bridgehead atoms. The molecule has 0 aromatic heterocycles. The average Bonchev–Trinajstić information content (AvgIpc) is 2.38. The van der Waals surface area contributed by atoms with Gasteiger partial charge < -0.3 is 10.1 Å². The highest BCUT2D eigenvalue weighted by Crippen LogP contribution is 2.22. The molecule has 6 nitrogen and oxygen atoms in total. The van der Waals surface area contributed by atoms with Crippen molar-refractivity contribution in [1.29, 1.82) is 0 Å². The van der Waals surface area contributed by atoms with E-state index in [-0.39, 0.29) is 17.6 Å². The molecule has 19 heavy (non-hydrogen) atoms. The number of rotatable bonds is 4. The Labute approximate surface area is 114 Å². The molecule has 3 amide bonds. The number of ether oxygens (including phenoxy) is 1. The van der Waals surface area contributed by atoms with E-state index in [2.05, 4.69) is 22.5 Å². The summed E-state index contributed by atoms with van der Waals surface area (Å²) in [6, 6.07) is -0.775. The number of hydrogen-bond acceptors (Lipinski definition) is 4. The molecule has 1 heterocycles. The van der Waals surface area contributed by atoms with Crippen LogP contribution in [0.3, 0.4) is 0 Å². The fraction of sp³-hybridized carbons (Fsp3) is 0.846. The van der Waals surface area contributed by atoms with Gasteiger partial charge in [-0.15, -0.1) is 0 Å². The second-order valence-corrected chi connectivity index (χ2v) is 5.15. The summed E-state index contributed by atoms with van der Waals surface area (Å²) >= 11 is 0. The maximum atomic E-state index is 12.0. The third-order valence-electron chi connectivity index (χ3n) is 3.62. The molecule has 2 atom stereocenters. The van der Waals surface area contributed by atoms with Gasteiger partial charge in [0.15, 0.2) is 0 Å². The standard InChI is InChI=1S/C13H25N3O3/c1-5-13(4)9-16(7-8-19-13)10(3)11(17)15-12(18)14-6-2/h10H,5-9H2,1-4H3,(H2,14,15,17,18)/t10-,13+/m0/s1. The molecule has 0 saturated carbocycles. The van der Waals surface area contributed by atoms with E-state index < -0.39 is 6.03 Å². The van der Waals surface area contributed by atoms with E-state index in [9.17, 15) is 9.59 Å². The van der Waals surface area contributed by atoms with Gasteiger partial charge in [-0.25, -0.2) is 4.79 Å². The maximum Gasteiger partial charge on any atom is 0.321 e. The summed E-state index contributed by atoms with van der Waals surface area (Å²) in [7, 11) is 0. The second kappa shape index (κ2) is 6.86. The largest absolute Gasteiger partial charge is 0.373 e. The molecule has 0 unspecified atom stereocenters. The topological polar surface area (TPSA) is 70.7 Å². The first-order chi connectivity index (χ1) is 8.91. The predicted octanol–water partition coefficient (Wildman–Crippen LogP) is 0.722. The first-order valence-corrected chi connectivity index (χ1v) is 6.88. The van der Waals surface area contributed by atoms with Crippen molar-refractivity contribution in [2.24, 2.45) is 0 Å². The van der Waals surface area contributed by atoms with Gasteiger partial charge in [-0.1, -0.05) is 6.92 Å². The van der Waals surface area contributed by atoms with E-state index in [1.807, 2.05) is 20.8 Å².